The molecule has 0 spiro atoms. The highest BCUT2D eigenvalue weighted by atomic mass is 16.5. The second kappa shape index (κ2) is 6.22. The highest BCUT2D eigenvalue weighted by Crippen LogP contribution is 2.34. The van der Waals surface area contributed by atoms with Crippen LogP contribution in [0.2, 0.25) is 0 Å². The Labute approximate surface area is 128 Å². The molecule has 112 valence electrons. The van der Waals surface area contributed by atoms with Crippen LogP contribution in [-0.2, 0) is 4.74 Å². The lowest BCUT2D eigenvalue weighted by Crippen LogP contribution is -2.18. The number of nitrogens with two attached hydrogens (primary N) is 1. The summed E-state index contributed by atoms with van der Waals surface area (Å²) in [7, 11) is 0. The summed E-state index contributed by atoms with van der Waals surface area (Å²) in [6.45, 7) is 0.716. The summed E-state index contributed by atoms with van der Waals surface area (Å²) in [6.07, 6.45) is -0.760. The molecule has 0 aliphatic rings. The molecule has 0 aliphatic heterocycles. The van der Waals surface area contributed by atoms with Gasteiger partial charge in [0.2, 0.25) is 0 Å². The first-order valence-corrected chi connectivity index (χ1v) is 7.08. The van der Waals surface area contributed by atoms with Gasteiger partial charge in [-0.1, -0.05) is 48.5 Å². The lowest BCUT2D eigenvalue weighted by molar-refractivity contribution is 0.161. The van der Waals surface area contributed by atoms with Gasteiger partial charge in [0.1, 0.15) is 6.61 Å². The molecule has 1 amide bonds. The summed E-state index contributed by atoms with van der Waals surface area (Å²) in [5.41, 5.74) is 9.13. The first kappa shape index (κ1) is 14.0. The summed E-state index contributed by atoms with van der Waals surface area (Å²) in [4.78, 5) is 14.1. The maximum absolute atomic E-state index is 10.6. The average molecular weight is 295 g/mol. The molecular formula is C17H17N3O2. The van der Waals surface area contributed by atoms with Crippen molar-refractivity contribution in [2.75, 3.05) is 18.5 Å². The Hall–Kier alpha value is -2.95. The van der Waals surface area contributed by atoms with Gasteiger partial charge in [-0.2, -0.15) is 0 Å². The molecule has 1 aromatic heterocycles. The highest BCUT2D eigenvalue weighted by molar-refractivity contribution is 6.01. The first-order chi connectivity index (χ1) is 10.8. The lowest BCUT2D eigenvalue weighted by Gasteiger charge is -2.08. The number of nitrogens with one attached hydrogen (secondary N) is 2. The molecule has 3 aromatic rings. The fourth-order valence-corrected chi connectivity index (χ4v) is 2.47. The topological polar surface area (TPSA) is 80.1 Å². The van der Waals surface area contributed by atoms with Gasteiger partial charge in [0.15, 0.2) is 0 Å². The second-order valence-electron chi connectivity index (χ2n) is 4.88. The number of benzene rings is 2. The predicted octanol–water partition coefficient (Wildman–Crippen LogP) is 3.34. The second-order valence-corrected chi connectivity index (χ2v) is 4.88. The van der Waals surface area contributed by atoms with E-state index >= 15 is 0 Å². The maximum atomic E-state index is 10.6. The molecule has 0 radical (unpaired) electrons. The molecule has 0 unspecified atom stereocenters. The molecule has 2 aromatic carbocycles. The van der Waals surface area contributed by atoms with E-state index in [0.29, 0.717) is 6.54 Å². The molecule has 0 saturated carbocycles. The highest BCUT2D eigenvalue weighted by Gasteiger charge is 2.12. The molecule has 0 atom stereocenters. The minimum atomic E-state index is -0.760. The Kier molecular flexibility index (Phi) is 3.96. The van der Waals surface area contributed by atoms with Crippen molar-refractivity contribution in [1.29, 1.82) is 0 Å². The van der Waals surface area contributed by atoms with E-state index in [4.69, 9.17) is 10.5 Å². The van der Waals surface area contributed by atoms with Crippen LogP contribution in [0.3, 0.4) is 0 Å². The number of aromatic amines is 1. The van der Waals surface area contributed by atoms with Crippen LogP contribution in [-0.4, -0.2) is 24.2 Å². The largest absolute Gasteiger partial charge is 0.448 e. The van der Waals surface area contributed by atoms with Gasteiger partial charge in [-0.15, -0.1) is 0 Å². The number of primary amides is 1. The number of carbonyl (C=O) groups is 1. The van der Waals surface area contributed by atoms with Crippen LogP contribution in [0.5, 0.6) is 0 Å². The normalized spacial score (nSPS) is 10.5. The van der Waals surface area contributed by atoms with E-state index in [0.717, 1.165) is 27.8 Å². The smallest absolute Gasteiger partial charge is 0.404 e. The van der Waals surface area contributed by atoms with Gasteiger partial charge in [0.05, 0.1) is 11.4 Å². The SMILES string of the molecule is NC(=O)OCCNc1c(-c2ccccc2)[nH]c2ccccc12. The van der Waals surface area contributed by atoms with Crippen LogP contribution in [0.25, 0.3) is 22.2 Å². The third kappa shape index (κ3) is 2.88. The third-order valence-electron chi connectivity index (χ3n) is 3.42. The Balaban J connectivity index is 1.93. The monoisotopic (exact) mass is 295 g/mol. The molecule has 0 saturated heterocycles. The molecule has 5 heteroatoms. The van der Waals surface area contributed by atoms with Crippen LogP contribution in [0.1, 0.15) is 0 Å². The van der Waals surface area contributed by atoms with Crippen molar-refractivity contribution < 1.29 is 9.53 Å². The number of amides is 1. The van der Waals surface area contributed by atoms with Gasteiger partial charge < -0.3 is 20.8 Å². The molecule has 1 heterocycles. The van der Waals surface area contributed by atoms with Crippen molar-refractivity contribution in [1.82, 2.24) is 4.98 Å². The minimum absolute atomic E-state index is 0.225. The molecule has 0 fully saturated rings. The van der Waals surface area contributed by atoms with Gasteiger partial charge in [-0.05, 0) is 6.07 Å². The summed E-state index contributed by atoms with van der Waals surface area (Å²) < 4.78 is 4.76. The van der Waals surface area contributed by atoms with Gasteiger partial charge in [-0.25, -0.2) is 4.79 Å². The fourth-order valence-electron chi connectivity index (χ4n) is 2.47. The van der Waals surface area contributed by atoms with E-state index in [1.807, 2.05) is 36.4 Å². The number of H-pyrrole nitrogens is 1. The molecule has 0 aliphatic carbocycles. The van der Waals surface area contributed by atoms with E-state index in [-0.39, 0.29) is 6.61 Å². The van der Waals surface area contributed by atoms with E-state index in [1.165, 1.54) is 0 Å². The molecule has 3 rings (SSSR count). The number of carbonyl (C=O) groups excluding carboxylic acids is 1. The van der Waals surface area contributed by atoms with Crippen LogP contribution >= 0.6 is 0 Å². The molecular weight excluding hydrogens is 278 g/mol. The molecule has 0 bridgehead atoms. The lowest BCUT2D eigenvalue weighted by atomic mass is 10.1. The van der Waals surface area contributed by atoms with Gasteiger partial charge in [0.25, 0.3) is 0 Å². The zero-order valence-corrected chi connectivity index (χ0v) is 12.0. The van der Waals surface area contributed by atoms with Crippen LogP contribution in [0.15, 0.2) is 54.6 Å². The zero-order valence-electron chi connectivity index (χ0n) is 12.0. The van der Waals surface area contributed by atoms with Crippen molar-refractivity contribution >= 4 is 22.7 Å². The van der Waals surface area contributed by atoms with E-state index < -0.39 is 6.09 Å². The molecule has 4 N–H and O–H groups in total. The third-order valence-corrected chi connectivity index (χ3v) is 3.42. The zero-order chi connectivity index (χ0) is 15.4. The van der Waals surface area contributed by atoms with Crippen molar-refractivity contribution in [2.24, 2.45) is 5.73 Å². The quantitative estimate of drug-likeness (QED) is 0.631. The van der Waals surface area contributed by atoms with Crippen molar-refractivity contribution in [2.45, 2.75) is 0 Å². The average Bonchev–Trinajstić information content (AvgIpc) is 2.91. The molecule has 5 nitrogen and oxygen atoms in total. The van der Waals surface area contributed by atoms with Gasteiger partial charge in [-0.3, -0.25) is 0 Å². The van der Waals surface area contributed by atoms with Crippen LogP contribution in [0.4, 0.5) is 10.5 Å². The Morgan fingerprint density at radius 2 is 1.82 bits per heavy atom. The summed E-state index contributed by atoms with van der Waals surface area (Å²) in [5.74, 6) is 0. The van der Waals surface area contributed by atoms with E-state index in [1.54, 1.807) is 0 Å². The standard InChI is InChI=1S/C17H17N3O2/c18-17(21)22-11-10-19-16-13-8-4-5-9-14(13)20-15(16)12-6-2-1-3-7-12/h1-9,19-20H,10-11H2,(H2,18,21). The number of aromatic nitrogens is 1. The summed E-state index contributed by atoms with van der Waals surface area (Å²) >= 11 is 0. The van der Waals surface area contributed by atoms with Gasteiger partial charge in [0, 0.05) is 23.0 Å². The predicted molar refractivity (Wildman–Crippen MR) is 87.8 cm³/mol. The van der Waals surface area contributed by atoms with Crippen molar-refractivity contribution in [3.63, 3.8) is 0 Å². The number of fused-ring (bicyclic) bond motifs is 1. The first-order valence-electron chi connectivity index (χ1n) is 7.08. The minimum Gasteiger partial charge on any atom is -0.448 e. The maximum Gasteiger partial charge on any atom is 0.404 e. The van der Waals surface area contributed by atoms with E-state index in [2.05, 4.69) is 28.5 Å². The molecule has 22 heavy (non-hydrogen) atoms. The number of hydrogen-bond donors (Lipinski definition) is 3. The van der Waals surface area contributed by atoms with E-state index in [9.17, 15) is 4.79 Å². The Morgan fingerprint density at radius 1 is 1.09 bits per heavy atom. The summed E-state index contributed by atoms with van der Waals surface area (Å²) in [6, 6.07) is 18.2. The summed E-state index contributed by atoms with van der Waals surface area (Å²) in [5, 5.41) is 4.42. The van der Waals surface area contributed by atoms with Crippen molar-refractivity contribution in [3.8, 4) is 11.3 Å². The Bertz CT molecular complexity index is 781. The fraction of sp³-hybridized carbons (Fsp3) is 0.118. The number of hydrogen-bond acceptors (Lipinski definition) is 3. The Morgan fingerprint density at radius 3 is 2.59 bits per heavy atom. The number of anilines is 1. The number of para-hydroxylation sites is 1. The number of ether oxygens (including phenoxy) is 1. The van der Waals surface area contributed by atoms with Crippen LogP contribution in [0, 0.1) is 0 Å². The van der Waals surface area contributed by atoms with Crippen LogP contribution < -0.4 is 11.1 Å². The van der Waals surface area contributed by atoms with Crippen molar-refractivity contribution in [3.05, 3.63) is 54.6 Å². The number of rotatable bonds is 5. The van der Waals surface area contributed by atoms with Gasteiger partial charge >= 0.3 is 6.09 Å².